The minimum absolute atomic E-state index is 0.0219. The van der Waals surface area contributed by atoms with Crippen LogP contribution < -0.4 is 5.32 Å². The van der Waals surface area contributed by atoms with E-state index in [1.807, 2.05) is 32.0 Å². The summed E-state index contributed by atoms with van der Waals surface area (Å²) in [7, 11) is 0. The summed E-state index contributed by atoms with van der Waals surface area (Å²) in [6.45, 7) is 3.74. The highest BCUT2D eigenvalue weighted by atomic mass is 35.5. The van der Waals surface area contributed by atoms with Crippen LogP contribution >= 0.6 is 11.6 Å². The Morgan fingerprint density at radius 1 is 1.25 bits per heavy atom. The van der Waals surface area contributed by atoms with Gasteiger partial charge in [0.1, 0.15) is 5.75 Å². The standard InChI is InChI=1S/C16H16ClNO2/c1-10-6-7-15(19)14(8-10)16(20)18-11(2)12-4-3-5-13(17)9-12/h3-9,11,19H,1-2H3,(H,18,20)/t11-/m0/s1. The summed E-state index contributed by atoms with van der Waals surface area (Å²) in [5.41, 5.74) is 2.11. The number of carbonyl (C=O) groups excluding carboxylic acids is 1. The maximum Gasteiger partial charge on any atom is 0.255 e. The fourth-order valence-corrected chi connectivity index (χ4v) is 2.16. The average Bonchev–Trinajstić information content (AvgIpc) is 2.41. The summed E-state index contributed by atoms with van der Waals surface area (Å²) < 4.78 is 0. The number of aromatic hydroxyl groups is 1. The average molecular weight is 290 g/mol. The van der Waals surface area contributed by atoms with Gasteiger partial charge in [-0.15, -0.1) is 0 Å². The molecule has 0 radical (unpaired) electrons. The fourth-order valence-electron chi connectivity index (χ4n) is 1.97. The van der Waals surface area contributed by atoms with Gasteiger partial charge in [-0.1, -0.05) is 35.4 Å². The molecule has 2 rings (SSSR count). The lowest BCUT2D eigenvalue weighted by molar-refractivity contribution is 0.0937. The summed E-state index contributed by atoms with van der Waals surface area (Å²) in [6.07, 6.45) is 0. The lowest BCUT2D eigenvalue weighted by Gasteiger charge is -2.15. The number of amides is 1. The molecule has 0 saturated heterocycles. The van der Waals surface area contributed by atoms with Crippen molar-refractivity contribution in [2.45, 2.75) is 19.9 Å². The topological polar surface area (TPSA) is 49.3 Å². The molecule has 0 fully saturated rings. The maximum absolute atomic E-state index is 12.2. The van der Waals surface area contributed by atoms with E-state index in [9.17, 15) is 9.90 Å². The first kappa shape index (κ1) is 14.4. The summed E-state index contributed by atoms with van der Waals surface area (Å²) in [5.74, 6) is -0.329. The van der Waals surface area contributed by atoms with Crippen molar-refractivity contribution in [2.75, 3.05) is 0 Å². The molecule has 104 valence electrons. The number of nitrogens with one attached hydrogen (secondary N) is 1. The molecule has 4 heteroatoms. The second-order valence-corrected chi connectivity index (χ2v) is 5.21. The highest BCUT2D eigenvalue weighted by molar-refractivity contribution is 6.30. The normalized spacial score (nSPS) is 11.9. The molecule has 2 N–H and O–H groups in total. The van der Waals surface area contributed by atoms with Gasteiger partial charge in [-0.3, -0.25) is 4.79 Å². The van der Waals surface area contributed by atoms with Crippen LogP contribution in [0.5, 0.6) is 5.75 Å². The molecule has 0 aliphatic carbocycles. The Kier molecular flexibility index (Phi) is 4.30. The van der Waals surface area contributed by atoms with E-state index in [4.69, 9.17) is 11.6 Å². The predicted molar refractivity (Wildman–Crippen MR) is 80.2 cm³/mol. The van der Waals surface area contributed by atoms with Crippen molar-refractivity contribution in [1.29, 1.82) is 0 Å². The maximum atomic E-state index is 12.2. The van der Waals surface area contributed by atoms with Gasteiger partial charge >= 0.3 is 0 Å². The molecule has 20 heavy (non-hydrogen) atoms. The monoisotopic (exact) mass is 289 g/mol. The third-order valence-corrected chi connectivity index (χ3v) is 3.33. The van der Waals surface area contributed by atoms with Crippen molar-refractivity contribution >= 4 is 17.5 Å². The van der Waals surface area contributed by atoms with Crippen LogP contribution in [0.3, 0.4) is 0 Å². The predicted octanol–water partition coefficient (Wildman–Crippen LogP) is 3.85. The Labute approximate surface area is 123 Å². The number of phenolic OH excluding ortho intramolecular Hbond substituents is 1. The second kappa shape index (κ2) is 5.97. The zero-order chi connectivity index (χ0) is 14.7. The van der Waals surface area contributed by atoms with E-state index in [1.54, 1.807) is 18.2 Å². The Morgan fingerprint density at radius 2 is 2.00 bits per heavy atom. The Morgan fingerprint density at radius 3 is 2.70 bits per heavy atom. The minimum atomic E-state index is -0.307. The minimum Gasteiger partial charge on any atom is -0.507 e. The van der Waals surface area contributed by atoms with Gasteiger partial charge in [-0.05, 0) is 43.7 Å². The zero-order valence-corrected chi connectivity index (χ0v) is 12.1. The molecule has 0 aliphatic heterocycles. The first-order valence-electron chi connectivity index (χ1n) is 6.33. The molecule has 3 nitrogen and oxygen atoms in total. The summed E-state index contributed by atoms with van der Waals surface area (Å²) in [6, 6.07) is 12.1. The van der Waals surface area contributed by atoms with Crippen LogP contribution in [0.1, 0.15) is 34.5 Å². The summed E-state index contributed by atoms with van der Waals surface area (Å²) >= 11 is 5.94. The Hall–Kier alpha value is -2.00. The first-order chi connectivity index (χ1) is 9.47. The number of rotatable bonds is 3. The van der Waals surface area contributed by atoms with Crippen molar-refractivity contribution < 1.29 is 9.90 Å². The zero-order valence-electron chi connectivity index (χ0n) is 11.4. The van der Waals surface area contributed by atoms with Crippen LogP contribution in [0.15, 0.2) is 42.5 Å². The van der Waals surface area contributed by atoms with Gasteiger partial charge < -0.3 is 10.4 Å². The quantitative estimate of drug-likeness (QED) is 0.902. The van der Waals surface area contributed by atoms with Gasteiger partial charge in [0.15, 0.2) is 0 Å². The van der Waals surface area contributed by atoms with E-state index in [-0.39, 0.29) is 23.3 Å². The molecule has 1 atom stereocenters. The molecule has 0 spiro atoms. The SMILES string of the molecule is Cc1ccc(O)c(C(=O)N[C@@H](C)c2cccc(Cl)c2)c1. The number of phenols is 1. The lowest BCUT2D eigenvalue weighted by Crippen LogP contribution is -2.26. The Balaban J connectivity index is 2.17. The Bertz CT molecular complexity index is 640. The smallest absolute Gasteiger partial charge is 0.255 e. The van der Waals surface area contributed by atoms with Gasteiger partial charge in [0.25, 0.3) is 5.91 Å². The van der Waals surface area contributed by atoms with E-state index >= 15 is 0 Å². The van der Waals surface area contributed by atoms with Crippen LogP contribution in [0.25, 0.3) is 0 Å². The van der Waals surface area contributed by atoms with Crippen molar-refractivity contribution in [2.24, 2.45) is 0 Å². The molecule has 1 amide bonds. The van der Waals surface area contributed by atoms with Crippen LogP contribution in [-0.4, -0.2) is 11.0 Å². The van der Waals surface area contributed by atoms with Gasteiger partial charge in [0.05, 0.1) is 11.6 Å². The van der Waals surface area contributed by atoms with Gasteiger partial charge in [0, 0.05) is 5.02 Å². The molecule has 0 unspecified atom stereocenters. The van der Waals surface area contributed by atoms with E-state index in [0.717, 1.165) is 11.1 Å². The molecule has 0 aromatic heterocycles. The first-order valence-corrected chi connectivity index (χ1v) is 6.71. The lowest BCUT2D eigenvalue weighted by atomic mass is 10.1. The van der Waals surface area contributed by atoms with Crippen LogP contribution in [-0.2, 0) is 0 Å². The van der Waals surface area contributed by atoms with Gasteiger partial charge in [-0.2, -0.15) is 0 Å². The van der Waals surface area contributed by atoms with Crippen LogP contribution in [0.2, 0.25) is 5.02 Å². The third-order valence-electron chi connectivity index (χ3n) is 3.09. The number of hydrogen-bond donors (Lipinski definition) is 2. The third kappa shape index (κ3) is 3.31. The van der Waals surface area contributed by atoms with E-state index in [0.29, 0.717) is 5.02 Å². The van der Waals surface area contributed by atoms with Gasteiger partial charge in [-0.25, -0.2) is 0 Å². The van der Waals surface area contributed by atoms with Crippen LogP contribution in [0, 0.1) is 6.92 Å². The van der Waals surface area contributed by atoms with Crippen LogP contribution in [0.4, 0.5) is 0 Å². The molecule has 2 aromatic rings. The fraction of sp³-hybridized carbons (Fsp3) is 0.188. The number of hydrogen-bond acceptors (Lipinski definition) is 2. The number of carbonyl (C=O) groups is 1. The summed E-state index contributed by atoms with van der Waals surface area (Å²) in [4.78, 5) is 12.2. The molecule has 0 saturated carbocycles. The largest absolute Gasteiger partial charge is 0.507 e. The molecule has 0 aliphatic rings. The van der Waals surface area contributed by atoms with E-state index in [1.165, 1.54) is 6.07 Å². The van der Waals surface area contributed by atoms with E-state index < -0.39 is 0 Å². The number of aryl methyl sites for hydroxylation is 1. The highest BCUT2D eigenvalue weighted by Gasteiger charge is 2.15. The van der Waals surface area contributed by atoms with E-state index in [2.05, 4.69) is 5.32 Å². The number of halogens is 1. The molecule has 0 heterocycles. The molecular weight excluding hydrogens is 274 g/mol. The van der Waals surface area contributed by atoms with Crippen molar-refractivity contribution in [1.82, 2.24) is 5.32 Å². The second-order valence-electron chi connectivity index (χ2n) is 4.77. The molecular formula is C16H16ClNO2. The van der Waals surface area contributed by atoms with Gasteiger partial charge in [0.2, 0.25) is 0 Å². The van der Waals surface area contributed by atoms with Crippen molar-refractivity contribution in [3.8, 4) is 5.75 Å². The van der Waals surface area contributed by atoms with Crippen molar-refractivity contribution in [3.63, 3.8) is 0 Å². The van der Waals surface area contributed by atoms with Crippen molar-refractivity contribution in [3.05, 3.63) is 64.2 Å². The highest BCUT2D eigenvalue weighted by Crippen LogP contribution is 2.21. The molecule has 2 aromatic carbocycles. The molecule has 0 bridgehead atoms. The number of benzene rings is 2. The summed E-state index contributed by atoms with van der Waals surface area (Å²) in [5, 5.41) is 13.2.